The molecule has 2 rings (SSSR count). The third-order valence-corrected chi connectivity index (χ3v) is 3.18. The average molecular weight is 352 g/mol. The van der Waals surface area contributed by atoms with Crippen LogP contribution < -0.4 is 21.1 Å². The zero-order valence-electron chi connectivity index (χ0n) is 12.1. The minimum Gasteiger partial charge on any atom is -0.457 e. The Morgan fingerprint density at radius 2 is 1.83 bits per heavy atom. The summed E-state index contributed by atoms with van der Waals surface area (Å²) in [5.74, 6) is 1.17. The van der Waals surface area contributed by atoms with E-state index in [0.29, 0.717) is 27.9 Å². The topological polar surface area (TPSA) is 85.6 Å². The molecule has 23 heavy (non-hydrogen) atoms. The van der Waals surface area contributed by atoms with Crippen molar-refractivity contribution in [3.63, 3.8) is 0 Å². The van der Waals surface area contributed by atoms with Gasteiger partial charge in [-0.2, -0.15) is 0 Å². The number of hydrogen-bond acceptors (Lipinski definition) is 5. The quantitative estimate of drug-likeness (QED) is 0.576. The van der Waals surface area contributed by atoms with Gasteiger partial charge in [0.25, 0.3) is 0 Å². The number of hydrogen-bond donors (Lipinski definition) is 3. The molecule has 0 unspecified atom stereocenters. The van der Waals surface area contributed by atoms with Gasteiger partial charge in [-0.05, 0) is 48.6 Å². The maximum atomic E-state index is 11.1. The summed E-state index contributed by atoms with van der Waals surface area (Å²) in [5, 5.41) is 5.82. The van der Waals surface area contributed by atoms with Gasteiger partial charge in [0.2, 0.25) is 0 Å². The SMILES string of the molecule is COC(=O)NC(=S)Nc1cc(Oc2ccc(Cl)cc2)ccc1N. The van der Waals surface area contributed by atoms with Gasteiger partial charge >= 0.3 is 6.09 Å². The monoisotopic (exact) mass is 351 g/mol. The zero-order valence-corrected chi connectivity index (χ0v) is 13.7. The summed E-state index contributed by atoms with van der Waals surface area (Å²) in [7, 11) is 1.24. The molecule has 0 saturated carbocycles. The number of thiocarbonyl (C=S) groups is 1. The Balaban J connectivity index is 2.10. The highest BCUT2D eigenvalue weighted by Gasteiger charge is 2.08. The van der Waals surface area contributed by atoms with Crippen LogP contribution in [-0.2, 0) is 4.74 Å². The summed E-state index contributed by atoms with van der Waals surface area (Å²) in [6, 6.07) is 12.0. The molecule has 0 spiro atoms. The first-order valence-corrected chi connectivity index (χ1v) is 7.25. The summed E-state index contributed by atoms with van der Waals surface area (Å²) in [6.07, 6.45) is -0.672. The van der Waals surface area contributed by atoms with E-state index in [4.69, 9.17) is 34.3 Å². The van der Waals surface area contributed by atoms with Gasteiger partial charge in [0.05, 0.1) is 18.5 Å². The number of halogens is 1. The van der Waals surface area contributed by atoms with Gasteiger partial charge in [0, 0.05) is 11.1 Å². The highest BCUT2D eigenvalue weighted by molar-refractivity contribution is 7.80. The molecule has 2 aromatic carbocycles. The summed E-state index contributed by atoms with van der Waals surface area (Å²) in [5.41, 5.74) is 6.82. The predicted octanol–water partition coefficient (Wildman–Crippen LogP) is 3.77. The number of nitrogens with two attached hydrogens (primary N) is 1. The molecule has 120 valence electrons. The fraction of sp³-hybridized carbons (Fsp3) is 0.0667. The summed E-state index contributed by atoms with van der Waals surface area (Å²) in [6.45, 7) is 0. The normalized spacial score (nSPS) is 9.83. The lowest BCUT2D eigenvalue weighted by molar-refractivity contribution is 0.177. The van der Waals surface area contributed by atoms with E-state index in [1.165, 1.54) is 7.11 Å². The number of rotatable bonds is 3. The van der Waals surface area contributed by atoms with E-state index in [2.05, 4.69) is 15.4 Å². The van der Waals surface area contributed by atoms with Gasteiger partial charge in [0.15, 0.2) is 5.11 Å². The van der Waals surface area contributed by atoms with Crippen LogP contribution in [0.3, 0.4) is 0 Å². The van der Waals surface area contributed by atoms with E-state index in [-0.39, 0.29) is 5.11 Å². The number of amides is 1. The summed E-state index contributed by atoms with van der Waals surface area (Å²) < 4.78 is 10.2. The molecule has 0 saturated heterocycles. The van der Waals surface area contributed by atoms with Crippen molar-refractivity contribution in [1.82, 2.24) is 5.32 Å². The number of nitrogens with one attached hydrogen (secondary N) is 2. The van der Waals surface area contributed by atoms with Crippen molar-refractivity contribution >= 4 is 46.4 Å². The Kier molecular flexibility index (Phi) is 5.61. The van der Waals surface area contributed by atoms with Crippen molar-refractivity contribution in [2.45, 2.75) is 0 Å². The molecule has 0 aliphatic rings. The van der Waals surface area contributed by atoms with Gasteiger partial charge in [-0.1, -0.05) is 11.6 Å². The Hall–Kier alpha value is -2.51. The highest BCUT2D eigenvalue weighted by Crippen LogP contribution is 2.28. The molecule has 0 fully saturated rings. The van der Waals surface area contributed by atoms with E-state index in [9.17, 15) is 4.79 Å². The minimum atomic E-state index is -0.672. The van der Waals surface area contributed by atoms with Crippen LogP contribution in [0.4, 0.5) is 16.2 Å². The Bertz CT molecular complexity index is 722. The second-order valence-electron chi connectivity index (χ2n) is 4.38. The van der Waals surface area contributed by atoms with Crippen molar-refractivity contribution in [3.8, 4) is 11.5 Å². The number of benzene rings is 2. The number of nitrogen functional groups attached to an aromatic ring is 1. The second kappa shape index (κ2) is 7.66. The van der Waals surface area contributed by atoms with Crippen LogP contribution in [-0.4, -0.2) is 18.3 Å². The van der Waals surface area contributed by atoms with Crippen LogP contribution in [0.2, 0.25) is 5.02 Å². The standard InChI is InChI=1S/C15H14ClN3O3S/c1-21-15(20)19-14(23)18-13-8-11(6-7-12(13)17)22-10-4-2-9(16)3-5-10/h2-8H,17H2,1H3,(H2,18,19,20,23). The molecule has 0 radical (unpaired) electrons. The number of carbonyl (C=O) groups excluding carboxylic acids is 1. The average Bonchev–Trinajstić information content (AvgIpc) is 2.52. The van der Waals surface area contributed by atoms with Crippen molar-refractivity contribution in [1.29, 1.82) is 0 Å². The van der Waals surface area contributed by atoms with Crippen LogP contribution >= 0.6 is 23.8 Å². The lowest BCUT2D eigenvalue weighted by atomic mass is 10.2. The summed E-state index contributed by atoms with van der Waals surface area (Å²) >= 11 is 10.8. The Morgan fingerprint density at radius 3 is 2.48 bits per heavy atom. The number of methoxy groups -OCH3 is 1. The van der Waals surface area contributed by atoms with Gasteiger partial charge in [0.1, 0.15) is 11.5 Å². The molecule has 0 aromatic heterocycles. The van der Waals surface area contributed by atoms with Crippen molar-refractivity contribution in [2.24, 2.45) is 0 Å². The predicted molar refractivity (Wildman–Crippen MR) is 94.1 cm³/mol. The molecule has 1 amide bonds. The van der Waals surface area contributed by atoms with E-state index >= 15 is 0 Å². The lowest BCUT2D eigenvalue weighted by Crippen LogP contribution is -2.34. The van der Waals surface area contributed by atoms with Crippen LogP contribution in [0, 0.1) is 0 Å². The zero-order chi connectivity index (χ0) is 16.8. The fourth-order valence-corrected chi connectivity index (χ4v) is 1.96. The molecule has 0 aliphatic carbocycles. The first kappa shape index (κ1) is 16.9. The third kappa shape index (κ3) is 5.01. The molecule has 8 heteroatoms. The van der Waals surface area contributed by atoms with Gasteiger partial charge in [-0.15, -0.1) is 0 Å². The first-order chi connectivity index (χ1) is 11.0. The molecule has 0 atom stereocenters. The van der Waals surface area contributed by atoms with E-state index in [0.717, 1.165) is 0 Å². The summed E-state index contributed by atoms with van der Waals surface area (Å²) in [4.78, 5) is 11.1. The smallest absolute Gasteiger partial charge is 0.413 e. The third-order valence-electron chi connectivity index (χ3n) is 2.72. The molecule has 2 aromatic rings. The molecule has 0 heterocycles. The number of alkyl carbamates (subject to hydrolysis) is 1. The Morgan fingerprint density at radius 1 is 1.17 bits per heavy atom. The van der Waals surface area contributed by atoms with Crippen molar-refractivity contribution in [2.75, 3.05) is 18.2 Å². The number of ether oxygens (including phenoxy) is 2. The first-order valence-electron chi connectivity index (χ1n) is 6.47. The highest BCUT2D eigenvalue weighted by atomic mass is 35.5. The van der Waals surface area contributed by atoms with Crippen molar-refractivity contribution in [3.05, 3.63) is 47.5 Å². The van der Waals surface area contributed by atoms with Crippen LogP contribution in [0.5, 0.6) is 11.5 Å². The van der Waals surface area contributed by atoms with E-state index in [1.54, 1.807) is 42.5 Å². The van der Waals surface area contributed by atoms with Gasteiger partial charge < -0.3 is 20.5 Å². The van der Waals surface area contributed by atoms with Crippen LogP contribution in [0.15, 0.2) is 42.5 Å². The lowest BCUT2D eigenvalue weighted by Gasteiger charge is -2.13. The van der Waals surface area contributed by atoms with Crippen molar-refractivity contribution < 1.29 is 14.3 Å². The molecule has 4 N–H and O–H groups in total. The largest absolute Gasteiger partial charge is 0.457 e. The number of carbonyl (C=O) groups is 1. The van der Waals surface area contributed by atoms with Gasteiger partial charge in [-0.3, -0.25) is 5.32 Å². The van der Waals surface area contributed by atoms with Crippen LogP contribution in [0.1, 0.15) is 0 Å². The molecule has 0 aliphatic heterocycles. The minimum absolute atomic E-state index is 0.0622. The second-order valence-corrected chi connectivity index (χ2v) is 5.22. The molecular formula is C15H14ClN3O3S. The maximum Gasteiger partial charge on any atom is 0.413 e. The fourth-order valence-electron chi connectivity index (χ4n) is 1.64. The molecular weight excluding hydrogens is 338 g/mol. The van der Waals surface area contributed by atoms with Gasteiger partial charge in [-0.25, -0.2) is 4.79 Å². The van der Waals surface area contributed by atoms with Crippen LogP contribution in [0.25, 0.3) is 0 Å². The molecule has 0 bridgehead atoms. The van der Waals surface area contributed by atoms with E-state index in [1.807, 2.05) is 0 Å². The van der Waals surface area contributed by atoms with E-state index < -0.39 is 6.09 Å². The number of anilines is 2. The molecule has 6 nitrogen and oxygen atoms in total. The Labute approximate surface area is 143 Å². The maximum absolute atomic E-state index is 11.1.